The van der Waals surface area contributed by atoms with Gasteiger partial charge in [-0.25, -0.2) is 8.42 Å². The molecule has 1 rings (SSSR count). The highest BCUT2D eigenvalue weighted by Gasteiger charge is 2.25. The highest BCUT2D eigenvalue weighted by molar-refractivity contribution is 9.10. The Hall–Kier alpha value is -0.390. The van der Waals surface area contributed by atoms with Gasteiger partial charge in [0.05, 0.1) is 4.90 Å². The second-order valence-electron chi connectivity index (χ2n) is 4.96. The van der Waals surface area contributed by atoms with E-state index in [9.17, 15) is 8.42 Å². The third kappa shape index (κ3) is 3.80. The molecule has 102 valence electrons. The molecule has 1 aromatic rings. The molecule has 0 saturated heterocycles. The first-order chi connectivity index (χ1) is 8.25. The number of hydrogen-bond donors (Lipinski definition) is 0. The molecule has 1 unspecified atom stereocenters. The van der Waals surface area contributed by atoms with Crippen LogP contribution < -0.4 is 0 Å². The van der Waals surface area contributed by atoms with Crippen LogP contribution in [0.1, 0.15) is 27.2 Å². The van der Waals surface area contributed by atoms with Crippen LogP contribution in [0.4, 0.5) is 0 Å². The molecule has 0 aliphatic heterocycles. The Balaban J connectivity index is 3.00. The van der Waals surface area contributed by atoms with E-state index in [1.54, 1.807) is 25.2 Å². The largest absolute Gasteiger partial charge is 0.243 e. The third-order valence-corrected chi connectivity index (χ3v) is 5.37. The molecule has 0 aromatic heterocycles. The zero-order chi connectivity index (χ0) is 13.9. The van der Waals surface area contributed by atoms with E-state index in [2.05, 4.69) is 29.8 Å². The van der Waals surface area contributed by atoms with Crippen LogP contribution in [0.15, 0.2) is 33.6 Å². The van der Waals surface area contributed by atoms with Crippen molar-refractivity contribution in [1.29, 1.82) is 0 Å². The molecule has 0 radical (unpaired) electrons. The molecule has 5 heteroatoms. The average molecular weight is 334 g/mol. The molecule has 1 aromatic carbocycles. The summed E-state index contributed by atoms with van der Waals surface area (Å²) in [6.07, 6.45) is 0.851. The smallest absolute Gasteiger partial charge is 0.207 e. The van der Waals surface area contributed by atoms with E-state index in [-0.39, 0.29) is 6.04 Å². The lowest BCUT2D eigenvalue weighted by atomic mass is 10.1. The van der Waals surface area contributed by atoms with Crippen molar-refractivity contribution in [3.63, 3.8) is 0 Å². The maximum atomic E-state index is 12.4. The summed E-state index contributed by atoms with van der Waals surface area (Å²) in [5.74, 6) is 0.472. The number of halogens is 1. The van der Waals surface area contributed by atoms with Gasteiger partial charge in [-0.2, -0.15) is 4.31 Å². The molecule has 0 N–H and O–H groups in total. The van der Waals surface area contributed by atoms with E-state index in [1.807, 2.05) is 13.0 Å². The molecule has 1 atom stereocenters. The fraction of sp³-hybridized carbons (Fsp3) is 0.538. The van der Waals surface area contributed by atoms with Gasteiger partial charge in [-0.05, 0) is 37.5 Å². The van der Waals surface area contributed by atoms with Crippen molar-refractivity contribution < 1.29 is 8.42 Å². The molecule has 18 heavy (non-hydrogen) atoms. The third-order valence-electron chi connectivity index (χ3n) is 2.91. The van der Waals surface area contributed by atoms with Crippen molar-refractivity contribution in [3.05, 3.63) is 28.7 Å². The van der Waals surface area contributed by atoms with Crippen LogP contribution in [0.3, 0.4) is 0 Å². The maximum absolute atomic E-state index is 12.4. The lowest BCUT2D eigenvalue weighted by Crippen LogP contribution is -2.35. The molecular formula is C13H20BrNO2S. The standard InChI is InChI=1S/C13H20BrNO2S/c1-10(2)8-11(3)15(4)18(16,17)13-7-5-6-12(14)9-13/h5-7,9-11H,8H2,1-4H3. The lowest BCUT2D eigenvalue weighted by molar-refractivity contribution is 0.338. The van der Waals surface area contributed by atoms with Crippen LogP contribution in [0.5, 0.6) is 0 Å². The fourth-order valence-electron chi connectivity index (χ4n) is 1.86. The molecule has 0 heterocycles. The van der Waals surface area contributed by atoms with Gasteiger partial charge in [0.15, 0.2) is 0 Å². The Morgan fingerprint density at radius 2 is 1.89 bits per heavy atom. The van der Waals surface area contributed by atoms with Crippen molar-refractivity contribution in [2.24, 2.45) is 5.92 Å². The summed E-state index contributed by atoms with van der Waals surface area (Å²) in [7, 11) is -1.76. The van der Waals surface area contributed by atoms with Gasteiger partial charge >= 0.3 is 0 Å². The SMILES string of the molecule is CC(C)CC(C)N(C)S(=O)(=O)c1cccc(Br)c1. The van der Waals surface area contributed by atoms with Crippen LogP contribution in [-0.4, -0.2) is 25.8 Å². The summed E-state index contributed by atoms with van der Waals surface area (Å²) in [5, 5.41) is 0. The van der Waals surface area contributed by atoms with Crippen LogP contribution in [0.2, 0.25) is 0 Å². The van der Waals surface area contributed by atoms with Crippen LogP contribution in [0, 0.1) is 5.92 Å². The molecule has 0 amide bonds. The molecule has 3 nitrogen and oxygen atoms in total. The van der Waals surface area contributed by atoms with Crippen molar-refractivity contribution in [1.82, 2.24) is 4.31 Å². The minimum Gasteiger partial charge on any atom is -0.207 e. The van der Waals surface area contributed by atoms with Gasteiger partial charge in [0.25, 0.3) is 0 Å². The predicted molar refractivity (Wildman–Crippen MR) is 78.0 cm³/mol. The first-order valence-corrected chi connectivity index (χ1v) is 8.22. The maximum Gasteiger partial charge on any atom is 0.243 e. The Kier molecular flexibility index (Phi) is 5.37. The molecule has 0 fully saturated rings. The highest BCUT2D eigenvalue weighted by Crippen LogP contribution is 2.22. The van der Waals surface area contributed by atoms with Gasteiger partial charge in [-0.3, -0.25) is 0 Å². The quantitative estimate of drug-likeness (QED) is 0.826. The number of hydrogen-bond acceptors (Lipinski definition) is 2. The van der Waals surface area contributed by atoms with E-state index in [0.717, 1.165) is 10.9 Å². The molecule has 0 aliphatic carbocycles. The summed E-state index contributed by atoms with van der Waals surface area (Å²) in [5.41, 5.74) is 0. The second-order valence-corrected chi connectivity index (χ2v) is 7.87. The second kappa shape index (κ2) is 6.17. The molecule has 0 aliphatic rings. The van der Waals surface area contributed by atoms with Crippen molar-refractivity contribution in [2.45, 2.75) is 38.1 Å². The zero-order valence-corrected chi connectivity index (χ0v) is 13.6. The summed E-state index contributed by atoms with van der Waals surface area (Å²) in [4.78, 5) is 0.329. The molecular weight excluding hydrogens is 314 g/mol. The Morgan fingerprint density at radius 1 is 1.28 bits per heavy atom. The number of nitrogens with zero attached hydrogens (tertiary/aromatic N) is 1. The van der Waals surface area contributed by atoms with Crippen molar-refractivity contribution in [3.8, 4) is 0 Å². The molecule has 0 saturated carbocycles. The normalized spacial score (nSPS) is 14.2. The monoisotopic (exact) mass is 333 g/mol. The van der Waals surface area contributed by atoms with Crippen molar-refractivity contribution in [2.75, 3.05) is 7.05 Å². The predicted octanol–water partition coefficient (Wildman–Crippen LogP) is 3.50. The first kappa shape index (κ1) is 15.7. The Bertz CT molecular complexity index is 499. The number of sulfonamides is 1. The lowest BCUT2D eigenvalue weighted by Gasteiger charge is -2.25. The van der Waals surface area contributed by atoms with Gasteiger partial charge in [0, 0.05) is 17.6 Å². The summed E-state index contributed by atoms with van der Waals surface area (Å²) < 4.78 is 27.0. The van der Waals surface area contributed by atoms with E-state index >= 15 is 0 Å². The zero-order valence-electron chi connectivity index (χ0n) is 11.2. The van der Waals surface area contributed by atoms with Gasteiger partial charge in [-0.15, -0.1) is 0 Å². The minimum absolute atomic E-state index is 0.00557. The number of rotatable bonds is 5. The van der Waals surface area contributed by atoms with E-state index < -0.39 is 10.0 Å². The van der Waals surface area contributed by atoms with Gasteiger partial charge in [0.1, 0.15) is 0 Å². The van der Waals surface area contributed by atoms with Gasteiger partial charge in [0.2, 0.25) is 10.0 Å². The van der Waals surface area contributed by atoms with Crippen molar-refractivity contribution >= 4 is 26.0 Å². The van der Waals surface area contributed by atoms with Crippen LogP contribution in [-0.2, 0) is 10.0 Å². The van der Waals surface area contributed by atoms with Gasteiger partial charge < -0.3 is 0 Å². The molecule has 0 bridgehead atoms. The highest BCUT2D eigenvalue weighted by atomic mass is 79.9. The van der Waals surface area contributed by atoms with E-state index in [0.29, 0.717) is 10.8 Å². The average Bonchev–Trinajstić information content (AvgIpc) is 2.27. The first-order valence-electron chi connectivity index (χ1n) is 5.98. The molecule has 0 spiro atoms. The Morgan fingerprint density at radius 3 is 2.39 bits per heavy atom. The summed E-state index contributed by atoms with van der Waals surface area (Å²) in [6.45, 7) is 6.13. The summed E-state index contributed by atoms with van der Waals surface area (Å²) >= 11 is 3.30. The minimum atomic E-state index is -3.40. The van der Waals surface area contributed by atoms with E-state index in [4.69, 9.17) is 0 Å². The Labute approximate surface area is 118 Å². The fourth-order valence-corrected chi connectivity index (χ4v) is 3.83. The topological polar surface area (TPSA) is 37.4 Å². The van der Waals surface area contributed by atoms with Crippen LogP contribution in [0.25, 0.3) is 0 Å². The number of benzene rings is 1. The van der Waals surface area contributed by atoms with Crippen LogP contribution >= 0.6 is 15.9 Å². The van der Waals surface area contributed by atoms with E-state index in [1.165, 1.54) is 4.31 Å². The van der Waals surface area contributed by atoms with Gasteiger partial charge in [-0.1, -0.05) is 35.8 Å². The summed E-state index contributed by atoms with van der Waals surface area (Å²) in [6, 6.07) is 6.80.